The van der Waals surface area contributed by atoms with Gasteiger partial charge in [0.1, 0.15) is 12.3 Å². The second-order valence-electron chi connectivity index (χ2n) is 8.86. The van der Waals surface area contributed by atoms with E-state index in [0.29, 0.717) is 28.3 Å². The minimum Gasteiger partial charge on any atom is -0.462 e. The Morgan fingerprint density at radius 1 is 1.16 bits per heavy atom. The molecule has 1 spiro atoms. The van der Waals surface area contributed by atoms with E-state index in [1.165, 1.54) is 19.3 Å². The molecule has 2 fully saturated rings. The smallest absolute Gasteiger partial charge is 0.406 e. The van der Waals surface area contributed by atoms with Crippen LogP contribution in [0.2, 0.25) is 5.02 Å². The fraction of sp³-hybridized carbons (Fsp3) is 0.522. The van der Waals surface area contributed by atoms with E-state index in [4.69, 9.17) is 21.1 Å². The SMILES string of the molecule is O=c1cc(-c2ccc3c(c2)COC2(CCN(C4CCC4)CC2)O3)c(Cl)cn1CC(F)(F)F. The summed E-state index contributed by atoms with van der Waals surface area (Å²) in [5.41, 5.74) is 1.08. The molecule has 0 bridgehead atoms. The van der Waals surface area contributed by atoms with Crippen LogP contribution in [0.1, 0.15) is 37.7 Å². The third kappa shape index (κ3) is 4.28. The van der Waals surface area contributed by atoms with E-state index in [1.54, 1.807) is 6.07 Å². The number of hydrogen-bond donors (Lipinski definition) is 0. The largest absolute Gasteiger partial charge is 0.462 e. The number of piperidine rings is 1. The summed E-state index contributed by atoms with van der Waals surface area (Å²) in [6.45, 7) is 0.914. The van der Waals surface area contributed by atoms with Crippen molar-refractivity contribution in [3.05, 3.63) is 51.4 Å². The van der Waals surface area contributed by atoms with Gasteiger partial charge in [-0.25, -0.2) is 0 Å². The predicted octanol–water partition coefficient (Wildman–Crippen LogP) is 4.98. The first kappa shape index (κ1) is 21.8. The number of likely N-dealkylation sites (tertiary alicyclic amines) is 1. The number of alkyl halides is 3. The van der Waals surface area contributed by atoms with Gasteiger partial charge >= 0.3 is 6.18 Å². The Hall–Kier alpha value is -2.03. The maximum absolute atomic E-state index is 12.7. The molecule has 1 saturated carbocycles. The zero-order valence-electron chi connectivity index (χ0n) is 17.5. The molecule has 1 saturated heterocycles. The van der Waals surface area contributed by atoms with Gasteiger partial charge in [0, 0.05) is 55.4 Å². The fourth-order valence-corrected chi connectivity index (χ4v) is 4.99. The third-order valence-corrected chi connectivity index (χ3v) is 7.04. The molecule has 9 heteroatoms. The number of aromatic nitrogens is 1. The molecule has 0 atom stereocenters. The van der Waals surface area contributed by atoms with E-state index in [9.17, 15) is 18.0 Å². The Morgan fingerprint density at radius 3 is 2.56 bits per heavy atom. The van der Waals surface area contributed by atoms with Crippen LogP contribution >= 0.6 is 11.6 Å². The Kier molecular flexibility index (Phi) is 5.50. The first-order valence-electron chi connectivity index (χ1n) is 10.9. The zero-order chi connectivity index (χ0) is 22.5. The summed E-state index contributed by atoms with van der Waals surface area (Å²) >= 11 is 6.23. The van der Waals surface area contributed by atoms with Crippen molar-refractivity contribution in [2.75, 3.05) is 13.1 Å². The van der Waals surface area contributed by atoms with E-state index < -0.39 is 24.1 Å². The van der Waals surface area contributed by atoms with Crippen LogP contribution in [0, 0.1) is 0 Å². The first-order chi connectivity index (χ1) is 15.2. The molecule has 32 heavy (non-hydrogen) atoms. The maximum atomic E-state index is 12.7. The molecule has 0 amide bonds. The van der Waals surface area contributed by atoms with Crippen LogP contribution in [0.5, 0.6) is 5.75 Å². The molecule has 5 rings (SSSR count). The Balaban J connectivity index is 1.33. The van der Waals surface area contributed by atoms with Crippen molar-refractivity contribution in [1.29, 1.82) is 0 Å². The third-order valence-electron chi connectivity index (χ3n) is 6.74. The highest BCUT2D eigenvalue weighted by molar-refractivity contribution is 6.33. The summed E-state index contributed by atoms with van der Waals surface area (Å²) in [7, 11) is 0. The van der Waals surface area contributed by atoms with Crippen LogP contribution in [-0.2, 0) is 17.9 Å². The maximum Gasteiger partial charge on any atom is 0.406 e. The van der Waals surface area contributed by atoms with Crippen LogP contribution in [0.3, 0.4) is 0 Å². The first-order valence-corrected chi connectivity index (χ1v) is 11.3. The van der Waals surface area contributed by atoms with E-state index in [0.717, 1.165) is 49.5 Å². The molecule has 1 aromatic carbocycles. The highest BCUT2D eigenvalue weighted by Gasteiger charge is 2.42. The highest BCUT2D eigenvalue weighted by atomic mass is 35.5. The summed E-state index contributed by atoms with van der Waals surface area (Å²) in [5, 5.41) is 0.0753. The van der Waals surface area contributed by atoms with E-state index >= 15 is 0 Å². The molecule has 1 aromatic heterocycles. The van der Waals surface area contributed by atoms with Gasteiger partial charge in [0.2, 0.25) is 5.79 Å². The van der Waals surface area contributed by atoms with Crippen molar-refractivity contribution in [1.82, 2.24) is 9.47 Å². The number of rotatable bonds is 3. The molecule has 0 radical (unpaired) electrons. The summed E-state index contributed by atoms with van der Waals surface area (Å²) in [4.78, 5) is 14.7. The van der Waals surface area contributed by atoms with Gasteiger partial charge in [-0.05, 0) is 30.5 Å². The molecule has 2 aromatic rings. The number of nitrogens with zero attached hydrogens (tertiary/aromatic N) is 2. The van der Waals surface area contributed by atoms with E-state index in [-0.39, 0.29) is 5.02 Å². The molecule has 1 aliphatic carbocycles. The number of fused-ring (bicyclic) bond motifs is 1. The van der Waals surface area contributed by atoms with Crippen LogP contribution in [0.25, 0.3) is 11.1 Å². The van der Waals surface area contributed by atoms with Crippen molar-refractivity contribution in [2.45, 2.75) is 63.3 Å². The van der Waals surface area contributed by atoms with E-state index in [2.05, 4.69) is 4.90 Å². The quantitative estimate of drug-likeness (QED) is 0.637. The Bertz CT molecular complexity index is 1070. The Labute approximate surface area is 188 Å². The average molecular weight is 469 g/mol. The van der Waals surface area contributed by atoms with Gasteiger partial charge in [0.05, 0.1) is 11.6 Å². The average Bonchev–Trinajstić information content (AvgIpc) is 2.70. The van der Waals surface area contributed by atoms with Gasteiger partial charge in [-0.15, -0.1) is 0 Å². The van der Waals surface area contributed by atoms with Crippen LogP contribution in [-0.4, -0.2) is 40.6 Å². The minimum atomic E-state index is -4.50. The van der Waals surface area contributed by atoms with Crippen molar-refractivity contribution >= 4 is 11.6 Å². The lowest BCUT2D eigenvalue weighted by Gasteiger charge is -2.47. The topological polar surface area (TPSA) is 43.7 Å². The van der Waals surface area contributed by atoms with Gasteiger partial charge in [-0.3, -0.25) is 9.69 Å². The molecule has 3 heterocycles. The number of hydrogen-bond acceptors (Lipinski definition) is 4. The molecule has 172 valence electrons. The van der Waals surface area contributed by atoms with Gasteiger partial charge in [-0.2, -0.15) is 13.2 Å². The van der Waals surface area contributed by atoms with Crippen LogP contribution < -0.4 is 10.3 Å². The molecule has 3 aliphatic rings. The second kappa shape index (κ2) is 8.08. The zero-order valence-corrected chi connectivity index (χ0v) is 18.2. The summed E-state index contributed by atoms with van der Waals surface area (Å²) in [5.74, 6) is 0.128. The van der Waals surface area contributed by atoms with Crippen LogP contribution in [0.4, 0.5) is 13.2 Å². The predicted molar refractivity (Wildman–Crippen MR) is 114 cm³/mol. The van der Waals surface area contributed by atoms with Gasteiger partial charge in [0.15, 0.2) is 0 Å². The summed E-state index contributed by atoms with van der Waals surface area (Å²) in [6, 6.07) is 7.27. The second-order valence-corrected chi connectivity index (χ2v) is 9.27. The summed E-state index contributed by atoms with van der Waals surface area (Å²) < 4.78 is 51.0. The number of pyridine rings is 1. The molecule has 2 aliphatic heterocycles. The summed E-state index contributed by atoms with van der Waals surface area (Å²) in [6.07, 6.45) is 2.04. The van der Waals surface area contributed by atoms with E-state index in [1.807, 2.05) is 12.1 Å². The number of benzene rings is 1. The lowest BCUT2D eigenvalue weighted by Crippen LogP contribution is -2.54. The van der Waals surface area contributed by atoms with Crippen LogP contribution in [0.15, 0.2) is 35.3 Å². The lowest BCUT2D eigenvalue weighted by atomic mass is 9.89. The van der Waals surface area contributed by atoms with Crippen molar-refractivity contribution in [3.8, 4) is 16.9 Å². The number of halogens is 4. The Morgan fingerprint density at radius 2 is 1.91 bits per heavy atom. The van der Waals surface area contributed by atoms with Gasteiger partial charge < -0.3 is 14.0 Å². The van der Waals surface area contributed by atoms with Gasteiger partial charge in [-0.1, -0.05) is 24.1 Å². The lowest BCUT2D eigenvalue weighted by molar-refractivity contribution is -0.231. The molecular weight excluding hydrogens is 445 g/mol. The normalized spacial score (nSPS) is 21.1. The number of ether oxygens (including phenoxy) is 2. The highest BCUT2D eigenvalue weighted by Crippen LogP contribution is 2.41. The molecule has 5 nitrogen and oxygen atoms in total. The molecule has 0 N–H and O–H groups in total. The molecular formula is C23H24ClF3N2O3. The van der Waals surface area contributed by atoms with Crippen molar-refractivity contribution in [3.63, 3.8) is 0 Å². The monoisotopic (exact) mass is 468 g/mol. The minimum absolute atomic E-state index is 0.0753. The standard InChI is InChI=1S/C23H24ClF3N2O3/c24-19-12-29(14-23(25,26)27)21(30)11-18(19)15-4-5-20-16(10-15)13-31-22(32-20)6-8-28(9-7-22)17-2-1-3-17/h4-5,10-12,17H,1-3,6-9,13-14H2. The van der Waals surface area contributed by atoms with Crippen molar-refractivity contribution in [2.24, 2.45) is 0 Å². The van der Waals surface area contributed by atoms with Crippen molar-refractivity contribution < 1.29 is 22.6 Å². The molecule has 0 unspecified atom stereocenters. The van der Waals surface area contributed by atoms with Gasteiger partial charge in [0.25, 0.3) is 5.56 Å². The fourth-order valence-electron chi connectivity index (χ4n) is 4.71.